The Balaban J connectivity index is 1.44. The van der Waals surface area contributed by atoms with Crippen molar-refractivity contribution in [2.75, 3.05) is 46.9 Å². The zero-order chi connectivity index (χ0) is 33.4. The van der Waals surface area contributed by atoms with Crippen LogP contribution in [0.4, 0.5) is 0 Å². The summed E-state index contributed by atoms with van der Waals surface area (Å²) in [7, 11) is 3.40. The van der Waals surface area contributed by atoms with Crippen LogP contribution in [0.5, 0.6) is 0 Å². The maximum Gasteiger partial charge on any atom is 0.253 e. The lowest BCUT2D eigenvalue weighted by Gasteiger charge is -2.42. The lowest BCUT2D eigenvalue weighted by atomic mass is 9.87. The monoisotopic (exact) mass is 630 g/mol. The molecule has 2 saturated heterocycles. The van der Waals surface area contributed by atoms with Crippen molar-refractivity contribution >= 4 is 23.3 Å². The zero-order valence-electron chi connectivity index (χ0n) is 29.1. The number of oxime groups is 1. The third-order valence-corrected chi connectivity index (χ3v) is 9.94. The summed E-state index contributed by atoms with van der Waals surface area (Å²) >= 11 is 0. The normalized spacial score (nSPS) is 18.8. The number of piperidine rings is 2. The number of hydrogen-bond donors (Lipinski definition) is 0. The van der Waals surface area contributed by atoms with Gasteiger partial charge in [0.1, 0.15) is 12.9 Å². The van der Waals surface area contributed by atoms with Gasteiger partial charge in [-0.1, -0.05) is 47.5 Å². The van der Waals surface area contributed by atoms with E-state index in [0.29, 0.717) is 24.9 Å². The van der Waals surface area contributed by atoms with Gasteiger partial charge in [-0.25, -0.2) is 0 Å². The highest BCUT2D eigenvalue weighted by molar-refractivity contribution is 5.99. The van der Waals surface area contributed by atoms with E-state index in [1.807, 2.05) is 40.0 Å². The molecule has 2 fully saturated rings. The van der Waals surface area contributed by atoms with Gasteiger partial charge in [0.25, 0.3) is 5.91 Å². The molecule has 0 radical (unpaired) electrons. The number of likely N-dealkylation sites (tertiary alicyclic amines) is 2. The fraction of sp³-hybridized carbons (Fsp3) is 0.579. The van der Waals surface area contributed by atoms with Crippen LogP contribution in [0, 0.1) is 33.6 Å². The van der Waals surface area contributed by atoms with E-state index in [9.17, 15) is 14.4 Å². The van der Waals surface area contributed by atoms with Crippen molar-refractivity contribution in [3.05, 3.63) is 69.8 Å². The summed E-state index contributed by atoms with van der Waals surface area (Å²) in [5.41, 5.74) is 7.28. The van der Waals surface area contributed by atoms with Crippen LogP contribution in [0.3, 0.4) is 0 Å². The highest BCUT2D eigenvalue weighted by Crippen LogP contribution is 2.29. The Morgan fingerprint density at radius 2 is 1.67 bits per heavy atom. The number of Topliss-reactive ketones (excluding diaryl/α,β-unsaturated/α-hetero) is 1. The molecule has 2 aromatic rings. The van der Waals surface area contributed by atoms with Crippen molar-refractivity contribution in [2.45, 2.75) is 91.5 Å². The van der Waals surface area contributed by atoms with Gasteiger partial charge in [0.2, 0.25) is 5.91 Å². The second-order valence-corrected chi connectivity index (χ2v) is 13.5. The number of hydrogen-bond acceptors (Lipinski definition) is 6. The molecule has 0 bridgehead atoms. The molecule has 0 N–H and O–H groups in total. The highest BCUT2D eigenvalue weighted by Gasteiger charge is 2.35. The second kappa shape index (κ2) is 16.3. The molecule has 2 aliphatic heterocycles. The Morgan fingerprint density at radius 1 is 0.978 bits per heavy atom. The highest BCUT2D eigenvalue weighted by atomic mass is 16.6. The molecule has 2 heterocycles. The molecule has 4 rings (SSSR count). The molecule has 2 unspecified atom stereocenters. The standard InChI is InChI=1S/C38H54N4O4/c1-8-34(43)24-31-10-9-16-42(38(31)45)33-13-17-41(18-14-33)19-15-35(30-12-11-28(4)29(5)23-30)36(39-46-7)25-40(6)37(44)32-21-26(2)20-27(3)22-32/h11-12,20-23,31,33,35H,8-10,13-19,24-25H2,1-7H3/b39-36+. The van der Waals surface area contributed by atoms with Crippen LogP contribution >= 0.6 is 0 Å². The van der Waals surface area contributed by atoms with Crippen LogP contribution in [0.2, 0.25) is 0 Å². The van der Waals surface area contributed by atoms with E-state index in [2.05, 4.69) is 53.1 Å². The van der Waals surface area contributed by atoms with Crippen LogP contribution in [0.25, 0.3) is 0 Å². The Labute approximate surface area is 276 Å². The van der Waals surface area contributed by atoms with Crippen molar-refractivity contribution in [2.24, 2.45) is 11.1 Å². The topological polar surface area (TPSA) is 82.5 Å². The lowest BCUT2D eigenvalue weighted by Crippen LogP contribution is -2.51. The maximum absolute atomic E-state index is 13.5. The van der Waals surface area contributed by atoms with Gasteiger partial charge in [0, 0.05) is 63.0 Å². The van der Waals surface area contributed by atoms with Crippen LogP contribution in [-0.2, 0) is 14.4 Å². The number of carbonyl (C=O) groups is 3. The van der Waals surface area contributed by atoms with Crippen LogP contribution in [0.1, 0.15) is 96.0 Å². The summed E-state index contributed by atoms with van der Waals surface area (Å²) in [6.45, 7) is 14.0. The second-order valence-electron chi connectivity index (χ2n) is 13.5. The van der Waals surface area contributed by atoms with E-state index in [1.54, 1.807) is 12.0 Å². The quantitative estimate of drug-likeness (QED) is 0.193. The molecule has 46 heavy (non-hydrogen) atoms. The smallest absolute Gasteiger partial charge is 0.253 e. The minimum Gasteiger partial charge on any atom is -0.399 e. The number of nitrogens with zero attached hydrogens (tertiary/aromatic N) is 4. The first kappa shape index (κ1) is 35.3. The molecular formula is C38H54N4O4. The fourth-order valence-corrected chi connectivity index (χ4v) is 7.17. The first-order chi connectivity index (χ1) is 22.0. The van der Waals surface area contributed by atoms with Gasteiger partial charge in [-0.15, -0.1) is 0 Å². The Kier molecular flexibility index (Phi) is 12.6. The zero-order valence-corrected chi connectivity index (χ0v) is 29.1. The largest absolute Gasteiger partial charge is 0.399 e. The van der Waals surface area contributed by atoms with E-state index in [1.165, 1.54) is 16.7 Å². The molecule has 8 heteroatoms. The van der Waals surface area contributed by atoms with Gasteiger partial charge in [0.05, 0.1) is 12.3 Å². The molecule has 0 saturated carbocycles. The SMILES string of the molecule is CCC(=O)CC1CCCN(C2CCN(CCC(/C(CN(C)C(=O)c3cc(C)cc(C)c3)=N/OC)c3ccc(C)c(C)c3)CC2)C1=O. The Bertz CT molecular complexity index is 1390. The van der Waals surface area contributed by atoms with Gasteiger partial charge in [0.15, 0.2) is 0 Å². The summed E-state index contributed by atoms with van der Waals surface area (Å²) in [4.78, 5) is 50.6. The molecule has 0 aliphatic carbocycles. The number of amides is 2. The molecule has 2 aromatic carbocycles. The lowest BCUT2D eigenvalue weighted by molar-refractivity contribution is -0.144. The third-order valence-electron chi connectivity index (χ3n) is 9.94. The molecule has 0 spiro atoms. The van der Waals surface area contributed by atoms with Crippen molar-refractivity contribution in [3.8, 4) is 0 Å². The van der Waals surface area contributed by atoms with Gasteiger partial charge in [-0.2, -0.15) is 0 Å². The number of rotatable bonds is 13. The predicted molar refractivity (Wildman–Crippen MR) is 184 cm³/mol. The first-order valence-corrected chi connectivity index (χ1v) is 17.1. The van der Waals surface area contributed by atoms with E-state index in [-0.39, 0.29) is 35.5 Å². The summed E-state index contributed by atoms with van der Waals surface area (Å²) in [5, 5.41) is 4.52. The average molecular weight is 631 g/mol. The molecule has 2 atom stereocenters. The van der Waals surface area contributed by atoms with Crippen molar-refractivity contribution < 1.29 is 19.2 Å². The van der Waals surface area contributed by atoms with E-state index in [0.717, 1.165) is 75.1 Å². The van der Waals surface area contributed by atoms with E-state index >= 15 is 0 Å². The molecular weight excluding hydrogens is 576 g/mol. The summed E-state index contributed by atoms with van der Waals surface area (Å²) in [6, 6.07) is 12.8. The minimum atomic E-state index is -0.142. The van der Waals surface area contributed by atoms with E-state index < -0.39 is 0 Å². The van der Waals surface area contributed by atoms with Gasteiger partial charge in [-0.3, -0.25) is 14.4 Å². The van der Waals surface area contributed by atoms with Gasteiger partial charge >= 0.3 is 0 Å². The van der Waals surface area contributed by atoms with Crippen LogP contribution in [-0.4, -0.2) is 90.9 Å². The maximum atomic E-state index is 13.5. The summed E-state index contributed by atoms with van der Waals surface area (Å²) in [5.74, 6) is 0.167. The molecule has 8 nitrogen and oxygen atoms in total. The number of carbonyl (C=O) groups excluding carboxylic acids is 3. The minimum absolute atomic E-state index is 0.0213. The van der Waals surface area contributed by atoms with Gasteiger partial charge < -0.3 is 19.5 Å². The molecule has 0 aromatic heterocycles. The van der Waals surface area contributed by atoms with Crippen LogP contribution in [0.15, 0.2) is 41.6 Å². The predicted octanol–water partition coefficient (Wildman–Crippen LogP) is 6.24. The number of aryl methyl sites for hydroxylation is 4. The molecule has 2 aliphatic rings. The average Bonchev–Trinajstić information content (AvgIpc) is 3.03. The number of benzene rings is 2. The van der Waals surface area contributed by atoms with E-state index in [4.69, 9.17) is 4.84 Å². The Morgan fingerprint density at radius 3 is 2.30 bits per heavy atom. The van der Waals surface area contributed by atoms with Crippen molar-refractivity contribution in [3.63, 3.8) is 0 Å². The van der Waals surface area contributed by atoms with Crippen molar-refractivity contribution in [1.29, 1.82) is 0 Å². The Hall–Kier alpha value is -3.52. The molecule has 250 valence electrons. The first-order valence-electron chi connectivity index (χ1n) is 17.1. The van der Waals surface area contributed by atoms with Gasteiger partial charge in [-0.05, 0) is 95.2 Å². The molecule has 2 amide bonds. The summed E-state index contributed by atoms with van der Waals surface area (Å²) < 4.78 is 0. The summed E-state index contributed by atoms with van der Waals surface area (Å²) in [6.07, 6.45) is 5.43. The fourth-order valence-electron chi connectivity index (χ4n) is 7.17. The third kappa shape index (κ3) is 9.05. The van der Waals surface area contributed by atoms with Crippen molar-refractivity contribution in [1.82, 2.24) is 14.7 Å². The van der Waals surface area contributed by atoms with Crippen LogP contribution < -0.4 is 0 Å². The number of ketones is 1.